The maximum absolute atomic E-state index is 13.5. The highest BCUT2D eigenvalue weighted by Gasteiger charge is 2.27. The average Bonchev–Trinajstić information content (AvgIpc) is 2.36. The molecule has 0 fully saturated rings. The van der Waals surface area contributed by atoms with Crippen molar-refractivity contribution in [1.82, 2.24) is 4.90 Å². The summed E-state index contributed by atoms with van der Waals surface area (Å²) in [4.78, 5) is 1.46. The third kappa shape index (κ3) is 5.42. The predicted octanol–water partition coefficient (Wildman–Crippen LogP) is 3.24. The third-order valence-corrected chi connectivity index (χ3v) is 2.98. The molecule has 1 unspecified atom stereocenters. The van der Waals surface area contributed by atoms with Crippen LogP contribution in [0.5, 0.6) is 0 Å². The van der Waals surface area contributed by atoms with Crippen LogP contribution < -0.4 is 5.73 Å². The summed E-state index contributed by atoms with van der Waals surface area (Å²) >= 11 is 0. The molecule has 0 aliphatic carbocycles. The van der Waals surface area contributed by atoms with Crippen LogP contribution in [0.2, 0.25) is 0 Å². The zero-order valence-corrected chi connectivity index (χ0v) is 11.1. The van der Waals surface area contributed by atoms with Crippen LogP contribution in [-0.2, 0) is 0 Å². The largest absolute Gasteiger partial charge is 0.390 e. The highest BCUT2D eigenvalue weighted by Crippen LogP contribution is 2.21. The molecule has 0 spiro atoms. The smallest absolute Gasteiger partial charge is 0.324 e. The van der Waals surface area contributed by atoms with Crippen molar-refractivity contribution in [2.75, 3.05) is 20.1 Å². The molecule has 0 heterocycles. The Morgan fingerprint density at radius 2 is 1.85 bits per heavy atom. The lowest BCUT2D eigenvalue weighted by Gasteiger charge is -2.20. The maximum atomic E-state index is 13.5. The van der Waals surface area contributed by atoms with Gasteiger partial charge in [-0.3, -0.25) is 0 Å². The minimum Gasteiger partial charge on any atom is -0.324 e. The van der Waals surface area contributed by atoms with Gasteiger partial charge in [-0.1, -0.05) is 12.1 Å². The van der Waals surface area contributed by atoms with Crippen LogP contribution in [0, 0.1) is 11.6 Å². The number of alkyl halides is 3. The molecule has 1 aromatic carbocycles. The fraction of sp³-hybridized carbons (Fsp3) is 0.538. The van der Waals surface area contributed by atoms with Crippen molar-refractivity contribution in [3.05, 3.63) is 35.4 Å². The number of halogens is 5. The fourth-order valence-corrected chi connectivity index (χ4v) is 1.75. The second kappa shape index (κ2) is 6.99. The van der Waals surface area contributed by atoms with E-state index in [1.165, 1.54) is 24.1 Å². The molecule has 20 heavy (non-hydrogen) atoms. The molecule has 0 radical (unpaired) electrons. The highest BCUT2D eigenvalue weighted by atomic mass is 19.4. The molecule has 0 saturated carbocycles. The van der Waals surface area contributed by atoms with Gasteiger partial charge in [-0.2, -0.15) is 13.2 Å². The van der Waals surface area contributed by atoms with Gasteiger partial charge in [0.2, 0.25) is 0 Å². The molecule has 0 aromatic heterocycles. The van der Waals surface area contributed by atoms with Crippen LogP contribution in [0.3, 0.4) is 0 Å². The lowest BCUT2D eigenvalue weighted by Crippen LogP contribution is -2.28. The Balaban J connectivity index is 2.47. The topological polar surface area (TPSA) is 29.3 Å². The van der Waals surface area contributed by atoms with Crippen LogP contribution in [-0.4, -0.2) is 31.2 Å². The van der Waals surface area contributed by atoms with E-state index in [9.17, 15) is 22.0 Å². The van der Waals surface area contributed by atoms with Gasteiger partial charge in [-0.15, -0.1) is 0 Å². The number of rotatable bonds is 6. The Morgan fingerprint density at radius 1 is 1.20 bits per heavy atom. The number of nitrogens with two attached hydrogens (primary N) is 1. The lowest BCUT2D eigenvalue weighted by molar-refractivity contribution is -0.137. The van der Waals surface area contributed by atoms with Gasteiger partial charge in [0.1, 0.15) is 0 Å². The van der Waals surface area contributed by atoms with Crippen LogP contribution >= 0.6 is 0 Å². The maximum Gasteiger partial charge on any atom is 0.390 e. The Kier molecular flexibility index (Phi) is 5.88. The van der Waals surface area contributed by atoms with E-state index in [1.807, 2.05) is 0 Å². The van der Waals surface area contributed by atoms with Gasteiger partial charge < -0.3 is 10.6 Å². The molecule has 2 nitrogen and oxygen atoms in total. The minimum atomic E-state index is -4.20. The van der Waals surface area contributed by atoms with Crippen molar-refractivity contribution in [3.8, 4) is 0 Å². The fourth-order valence-electron chi connectivity index (χ4n) is 1.75. The van der Waals surface area contributed by atoms with Gasteiger partial charge in [0.15, 0.2) is 11.6 Å². The summed E-state index contributed by atoms with van der Waals surface area (Å²) in [6, 6.07) is 2.96. The van der Waals surface area contributed by atoms with Gasteiger partial charge >= 0.3 is 6.18 Å². The number of hydrogen-bond acceptors (Lipinski definition) is 2. The molecule has 1 atom stereocenters. The summed E-state index contributed by atoms with van der Waals surface area (Å²) in [5.41, 5.74) is 5.78. The normalized spacial score (nSPS) is 13.8. The van der Waals surface area contributed by atoms with Crippen LogP contribution in [0.15, 0.2) is 18.2 Å². The summed E-state index contributed by atoms with van der Waals surface area (Å²) in [6.45, 7) is 0.120. The van der Waals surface area contributed by atoms with E-state index in [0.29, 0.717) is 0 Å². The molecule has 0 aliphatic rings. The third-order valence-electron chi connectivity index (χ3n) is 2.98. The van der Waals surface area contributed by atoms with Crippen molar-refractivity contribution < 1.29 is 22.0 Å². The van der Waals surface area contributed by atoms with Gasteiger partial charge in [-0.25, -0.2) is 8.78 Å². The number of benzene rings is 1. The second-order valence-electron chi connectivity index (χ2n) is 4.71. The first-order valence-corrected chi connectivity index (χ1v) is 6.15. The van der Waals surface area contributed by atoms with Crippen LogP contribution in [0.25, 0.3) is 0 Å². The first-order chi connectivity index (χ1) is 9.20. The van der Waals surface area contributed by atoms with E-state index in [1.54, 1.807) is 0 Å². The second-order valence-corrected chi connectivity index (χ2v) is 4.71. The summed E-state index contributed by atoms with van der Waals surface area (Å²) in [7, 11) is 1.53. The van der Waals surface area contributed by atoms with E-state index in [2.05, 4.69) is 0 Å². The number of hydrogen-bond donors (Lipinski definition) is 1. The summed E-state index contributed by atoms with van der Waals surface area (Å²) < 4.78 is 62.6. The van der Waals surface area contributed by atoms with Crippen molar-refractivity contribution in [3.63, 3.8) is 0 Å². The van der Waals surface area contributed by atoms with Crippen LogP contribution in [0.4, 0.5) is 22.0 Å². The molecule has 1 rings (SSSR count). The highest BCUT2D eigenvalue weighted by molar-refractivity contribution is 5.22. The molecule has 0 bridgehead atoms. The molecule has 1 aromatic rings. The van der Waals surface area contributed by atoms with E-state index >= 15 is 0 Å². The van der Waals surface area contributed by atoms with Gasteiger partial charge in [0.25, 0.3) is 0 Å². The number of nitrogens with zero attached hydrogens (tertiary/aromatic N) is 1. The quantitative estimate of drug-likeness (QED) is 0.817. The predicted molar refractivity (Wildman–Crippen MR) is 66.1 cm³/mol. The SMILES string of the molecule is CN(CCC(N)c1cccc(F)c1F)CCC(F)(F)F. The van der Waals surface area contributed by atoms with Gasteiger partial charge in [-0.05, 0) is 26.1 Å². The Morgan fingerprint density at radius 3 is 2.45 bits per heavy atom. The molecular weight excluding hydrogens is 279 g/mol. The molecule has 0 aliphatic heterocycles. The Hall–Kier alpha value is -1.21. The van der Waals surface area contributed by atoms with E-state index < -0.39 is 30.3 Å². The van der Waals surface area contributed by atoms with E-state index in [0.717, 1.165) is 6.07 Å². The first-order valence-electron chi connectivity index (χ1n) is 6.15. The molecule has 2 N–H and O–H groups in total. The van der Waals surface area contributed by atoms with Crippen molar-refractivity contribution >= 4 is 0 Å². The average molecular weight is 296 g/mol. The molecule has 0 saturated heterocycles. The van der Waals surface area contributed by atoms with E-state index in [4.69, 9.17) is 5.73 Å². The minimum absolute atomic E-state index is 0.0363. The van der Waals surface area contributed by atoms with Crippen molar-refractivity contribution in [1.29, 1.82) is 0 Å². The van der Waals surface area contributed by atoms with Crippen molar-refractivity contribution in [2.45, 2.75) is 25.1 Å². The monoisotopic (exact) mass is 296 g/mol. The molecular formula is C13H17F5N2. The lowest BCUT2D eigenvalue weighted by atomic mass is 10.0. The van der Waals surface area contributed by atoms with Gasteiger partial charge in [0.05, 0.1) is 6.42 Å². The molecule has 114 valence electrons. The molecule has 0 amide bonds. The summed E-state index contributed by atoms with van der Waals surface area (Å²) in [5.74, 6) is -1.98. The van der Waals surface area contributed by atoms with Gasteiger partial charge in [0, 0.05) is 18.2 Å². The summed E-state index contributed by atoms with van der Waals surface area (Å²) in [6.07, 6.45) is -4.87. The first kappa shape index (κ1) is 16.8. The standard InChI is InChI=1S/C13H17F5N2/c1-20(8-6-13(16,17)18)7-5-11(19)9-3-2-4-10(14)12(9)15/h2-4,11H,5-8,19H2,1H3. The zero-order valence-electron chi connectivity index (χ0n) is 11.1. The van der Waals surface area contributed by atoms with Crippen molar-refractivity contribution in [2.24, 2.45) is 5.73 Å². The molecule has 7 heteroatoms. The van der Waals surface area contributed by atoms with Crippen LogP contribution in [0.1, 0.15) is 24.4 Å². The Bertz CT molecular complexity index is 433. The van der Waals surface area contributed by atoms with E-state index in [-0.39, 0.29) is 25.1 Å². The Labute approximate surface area is 114 Å². The zero-order chi connectivity index (χ0) is 15.3. The summed E-state index contributed by atoms with van der Waals surface area (Å²) in [5, 5.41) is 0.